The number of piperidine rings is 1. The Hall–Kier alpha value is -1.30. The molecule has 122 valence electrons. The highest BCUT2D eigenvalue weighted by Gasteiger charge is 2.33. The quantitative estimate of drug-likeness (QED) is 0.858. The monoisotopic (exact) mass is 299 g/mol. The smallest absolute Gasteiger partial charge is 0.410 e. The van der Waals surface area contributed by atoms with Crippen LogP contribution in [0.3, 0.4) is 0 Å². The molecule has 0 aromatic rings. The number of nitrogens with zero attached hydrogens (tertiary/aromatic N) is 2. The lowest BCUT2D eigenvalue weighted by molar-refractivity contribution is -0.135. The summed E-state index contributed by atoms with van der Waals surface area (Å²) in [5.41, 5.74) is 4.99. The van der Waals surface area contributed by atoms with Gasteiger partial charge in [-0.3, -0.25) is 4.79 Å². The van der Waals surface area contributed by atoms with E-state index in [-0.39, 0.29) is 30.6 Å². The summed E-state index contributed by atoms with van der Waals surface area (Å²) in [7, 11) is 0. The van der Waals surface area contributed by atoms with Crippen LogP contribution in [0.15, 0.2) is 0 Å². The van der Waals surface area contributed by atoms with Gasteiger partial charge in [-0.25, -0.2) is 4.79 Å². The summed E-state index contributed by atoms with van der Waals surface area (Å²) in [6.07, 6.45) is 1.45. The average molecular weight is 299 g/mol. The molecule has 21 heavy (non-hydrogen) atoms. The van der Waals surface area contributed by atoms with E-state index < -0.39 is 5.60 Å². The third-order valence-electron chi connectivity index (χ3n) is 3.46. The number of rotatable bonds is 3. The summed E-state index contributed by atoms with van der Waals surface area (Å²) < 4.78 is 5.41. The Morgan fingerprint density at radius 1 is 1.38 bits per heavy atom. The second kappa shape index (κ2) is 7.11. The SMILES string of the molecule is CC(C)N(C(=O)CN)[C@H]1CCCN(C(=O)OC(C)(C)C)C1. The molecule has 0 aromatic carbocycles. The van der Waals surface area contributed by atoms with Crippen LogP contribution in [0.1, 0.15) is 47.5 Å². The van der Waals surface area contributed by atoms with Gasteiger partial charge in [0.05, 0.1) is 6.54 Å². The third-order valence-corrected chi connectivity index (χ3v) is 3.46. The van der Waals surface area contributed by atoms with E-state index in [2.05, 4.69) is 0 Å². The number of carbonyl (C=O) groups is 2. The standard InChI is InChI=1S/C15H29N3O3/c1-11(2)18(13(19)9-16)12-7-6-8-17(10-12)14(20)21-15(3,4)5/h11-12H,6-10,16H2,1-5H3/t12-/m0/s1. The molecule has 0 spiro atoms. The van der Waals surface area contributed by atoms with Crippen molar-refractivity contribution in [2.24, 2.45) is 5.73 Å². The Morgan fingerprint density at radius 2 is 2.00 bits per heavy atom. The van der Waals surface area contributed by atoms with Crippen molar-refractivity contribution in [3.63, 3.8) is 0 Å². The molecule has 2 amide bonds. The first-order valence-corrected chi connectivity index (χ1v) is 7.65. The van der Waals surface area contributed by atoms with Gasteiger partial charge < -0.3 is 20.3 Å². The topological polar surface area (TPSA) is 75.9 Å². The number of amides is 2. The van der Waals surface area contributed by atoms with Crippen LogP contribution in [0, 0.1) is 0 Å². The van der Waals surface area contributed by atoms with Crippen molar-refractivity contribution in [1.29, 1.82) is 0 Å². The van der Waals surface area contributed by atoms with Gasteiger partial charge in [0.25, 0.3) is 0 Å². The average Bonchev–Trinajstić information content (AvgIpc) is 2.36. The van der Waals surface area contributed by atoms with Crippen molar-refractivity contribution in [3.8, 4) is 0 Å². The van der Waals surface area contributed by atoms with E-state index in [1.54, 1.807) is 9.80 Å². The summed E-state index contributed by atoms with van der Waals surface area (Å²) in [6, 6.07) is 0.0898. The Balaban J connectivity index is 2.74. The van der Waals surface area contributed by atoms with Crippen LogP contribution in [0.5, 0.6) is 0 Å². The van der Waals surface area contributed by atoms with Crippen LogP contribution in [-0.4, -0.2) is 59.1 Å². The Bertz CT molecular complexity index is 377. The predicted octanol–water partition coefficient (Wildman–Crippen LogP) is 1.58. The zero-order valence-corrected chi connectivity index (χ0v) is 13.9. The maximum absolute atomic E-state index is 12.2. The fourth-order valence-electron chi connectivity index (χ4n) is 2.69. The molecule has 6 heteroatoms. The van der Waals surface area contributed by atoms with E-state index >= 15 is 0 Å². The van der Waals surface area contributed by atoms with Crippen molar-refractivity contribution in [3.05, 3.63) is 0 Å². The van der Waals surface area contributed by atoms with Crippen LogP contribution in [-0.2, 0) is 9.53 Å². The van der Waals surface area contributed by atoms with Gasteiger partial charge in [-0.05, 0) is 47.5 Å². The highest BCUT2D eigenvalue weighted by molar-refractivity contribution is 5.78. The maximum atomic E-state index is 12.2. The highest BCUT2D eigenvalue weighted by atomic mass is 16.6. The number of carbonyl (C=O) groups excluding carboxylic acids is 2. The minimum absolute atomic E-state index is 0.00111. The molecule has 6 nitrogen and oxygen atoms in total. The lowest BCUT2D eigenvalue weighted by atomic mass is 10.0. The lowest BCUT2D eigenvalue weighted by Crippen LogP contribution is -2.55. The molecular weight excluding hydrogens is 270 g/mol. The molecule has 1 rings (SSSR count). The Labute approximate surface area is 127 Å². The number of hydrogen-bond acceptors (Lipinski definition) is 4. The minimum atomic E-state index is -0.505. The van der Waals surface area contributed by atoms with Crippen molar-refractivity contribution >= 4 is 12.0 Å². The van der Waals surface area contributed by atoms with Gasteiger partial charge in [0.2, 0.25) is 5.91 Å². The van der Waals surface area contributed by atoms with E-state index in [9.17, 15) is 9.59 Å². The molecule has 0 unspecified atom stereocenters. The van der Waals surface area contributed by atoms with Gasteiger partial charge in [-0.2, -0.15) is 0 Å². The molecule has 2 N–H and O–H groups in total. The largest absolute Gasteiger partial charge is 0.444 e. The molecule has 1 saturated heterocycles. The van der Waals surface area contributed by atoms with Crippen LogP contribution < -0.4 is 5.73 Å². The third kappa shape index (κ3) is 5.19. The van der Waals surface area contributed by atoms with Crippen molar-refractivity contribution in [2.75, 3.05) is 19.6 Å². The van der Waals surface area contributed by atoms with Crippen LogP contribution in [0.25, 0.3) is 0 Å². The normalized spacial score (nSPS) is 19.6. The van der Waals surface area contributed by atoms with E-state index in [0.29, 0.717) is 13.1 Å². The fourth-order valence-corrected chi connectivity index (χ4v) is 2.69. The molecule has 0 aromatic heterocycles. The first-order chi connectivity index (χ1) is 9.65. The van der Waals surface area contributed by atoms with Gasteiger partial charge in [0.15, 0.2) is 0 Å². The number of ether oxygens (including phenoxy) is 1. The molecular formula is C15H29N3O3. The molecule has 1 atom stereocenters. The first-order valence-electron chi connectivity index (χ1n) is 7.65. The van der Waals surface area contributed by atoms with Crippen molar-refractivity contribution < 1.29 is 14.3 Å². The van der Waals surface area contributed by atoms with Gasteiger partial charge in [-0.1, -0.05) is 0 Å². The zero-order valence-electron chi connectivity index (χ0n) is 13.9. The Kier molecular flexibility index (Phi) is 6.01. The molecule has 0 bridgehead atoms. The molecule has 0 radical (unpaired) electrons. The van der Waals surface area contributed by atoms with Crippen LogP contribution in [0.4, 0.5) is 4.79 Å². The van der Waals surface area contributed by atoms with Crippen LogP contribution >= 0.6 is 0 Å². The maximum Gasteiger partial charge on any atom is 0.410 e. The predicted molar refractivity (Wildman–Crippen MR) is 81.9 cm³/mol. The number of likely N-dealkylation sites (tertiary alicyclic amines) is 1. The van der Waals surface area contributed by atoms with Gasteiger partial charge >= 0.3 is 6.09 Å². The molecule has 0 saturated carbocycles. The van der Waals surface area contributed by atoms with Crippen LogP contribution in [0.2, 0.25) is 0 Å². The molecule has 1 aliphatic rings. The molecule has 1 heterocycles. The van der Waals surface area contributed by atoms with E-state index in [1.165, 1.54) is 0 Å². The second-order valence-electron chi connectivity index (χ2n) is 6.82. The second-order valence-corrected chi connectivity index (χ2v) is 6.82. The van der Waals surface area contributed by atoms with E-state index in [0.717, 1.165) is 12.8 Å². The van der Waals surface area contributed by atoms with Gasteiger partial charge in [0, 0.05) is 25.2 Å². The molecule has 0 aliphatic carbocycles. The Morgan fingerprint density at radius 3 is 2.48 bits per heavy atom. The summed E-state index contributed by atoms with van der Waals surface area (Å²) in [4.78, 5) is 27.7. The van der Waals surface area contributed by atoms with Crippen molar-refractivity contribution in [2.45, 2.75) is 65.1 Å². The highest BCUT2D eigenvalue weighted by Crippen LogP contribution is 2.20. The molecule has 1 fully saturated rings. The number of hydrogen-bond donors (Lipinski definition) is 1. The lowest BCUT2D eigenvalue weighted by Gasteiger charge is -2.41. The summed E-state index contributed by atoms with van der Waals surface area (Å²) in [5, 5.41) is 0. The van der Waals surface area contributed by atoms with Crippen molar-refractivity contribution in [1.82, 2.24) is 9.80 Å². The summed E-state index contributed by atoms with van der Waals surface area (Å²) >= 11 is 0. The molecule has 1 aliphatic heterocycles. The number of nitrogens with two attached hydrogens (primary N) is 1. The summed E-state index contributed by atoms with van der Waals surface area (Å²) in [5.74, 6) is -0.0685. The van der Waals surface area contributed by atoms with Gasteiger partial charge in [0.1, 0.15) is 5.60 Å². The van der Waals surface area contributed by atoms with E-state index in [4.69, 9.17) is 10.5 Å². The minimum Gasteiger partial charge on any atom is -0.444 e. The van der Waals surface area contributed by atoms with Gasteiger partial charge in [-0.15, -0.1) is 0 Å². The van der Waals surface area contributed by atoms with E-state index in [1.807, 2.05) is 34.6 Å². The summed E-state index contributed by atoms with van der Waals surface area (Å²) in [6.45, 7) is 10.7. The fraction of sp³-hybridized carbons (Fsp3) is 0.867. The first kappa shape index (κ1) is 17.8. The zero-order chi connectivity index (χ0) is 16.2.